The molecule has 0 aromatic heterocycles. The van der Waals surface area contributed by atoms with Gasteiger partial charge in [0.1, 0.15) is 0 Å². The standard InChI is InChI=1S/C11H11F3O2S/c1-3-7-6(2)8(10(15)16-17)4-5-9(7)11(12,13)14/h4-5,17H,3H2,1-2H3. The first-order chi connectivity index (χ1) is 7.82. The highest BCUT2D eigenvalue weighted by Crippen LogP contribution is 2.34. The Balaban J connectivity index is 3.43. The van der Waals surface area contributed by atoms with Crippen molar-refractivity contribution in [3.63, 3.8) is 0 Å². The van der Waals surface area contributed by atoms with Crippen molar-refractivity contribution < 1.29 is 22.1 Å². The van der Waals surface area contributed by atoms with E-state index in [1.807, 2.05) is 0 Å². The zero-order valence-corrected chi connectivity index (χ0v) is 10.2. The number of thiol groups is 1. The normalized spacial score (nSPS) is 11.4. The summed E-state index contributed by atoms with van der Waals surface area (Å²) in [6, 6.07) is 2.00. The Morgan fingerprint density at radius 1 is 1.41 bits per heavy atom. The number of hydrogen-bond donors (Lipinski definition) is 1. The van der Waals surface area contributed by atoms with E-state index in [0.717, 1.165) is 12.1 Å². The van der Waals surface area contributed by atoms with Crippen LogP contribution in [0.1, 0.15) is 34.0 Å². The van der Waals surface area contributed by atoms with Gasteiger partial charge in [-0.2, -0.15) is 13.2 Å². The number of halogens is 3. The summed E-state index contributed by atoms with van der Waals surface area (Å²) < 4.78 is 42.3. The molecule has 0 aliphatic carbocycles. The van der Waals surface area contributed by atoms with Crippen molar-refractivity contribution in [1.29, 1.82) is 0 Å². The van der Waals surface area contributed by atoms with Gasteiger partial charge in [-0.25, -0.2) is 4.79 Å². The summed E-state index contributed by atoms with van der Waals surface area (Å²) in [6.45, 7) is 3.07. The number of carbonyl (C=O) groups excluding carboxylic acids is 1. The topological polar surface area (TPSA) is 26.3 Å². The molecule has 0 atom stereocenters. The SMILES string of the molecule is CCc1c(C(F)(F)F)ccc(C(=O)OS)c1C. The average molecular weight is 264 g/mol. The van der Waals surface area contributed by atoms with Crippen molar-refractivity contribution in [2.75, 3.05) is 0 Å². The number of rotatable bonds is 2. The summed E-state index contributed by atoms with van der Waals surface area (Å²) >= 11 is 3.35. The quantitative estimate of drug-likeness (QED) is 0.652. The molecular weight excluding hydrogens is 253 g/mol. The van der Waals surface area contributed by atoms with E-state index < -0.39 is 17.7 Å². The van der Waals surface area contributed by atoms with E-state index >= 15 is 0 Å². The molecule has 17 heavy (non-hydrogen) atoms. The highest BCUT2D eigenvalue weighted by Gasteiger charge is 2.34. The Morgan fingerprint density at radius 2 is 2.00 bits per heavy atom. The lowest BCUT2D eigenvalue weighted by atomic mass is 9.95. The van der Waals surface area contributed by atoms with Gasteiger partial charge in [0.25, 0.3) is 0 Å². The summed E-state index contributed by atoms with van der Waals surface area (Å²) in [5.74, 6) is -0.755. The Kier molecular flexibility index (Phi) is 4.08. The molecule has 0 saturated carbocycles. The van der Waals surface area contributed by atoms with Gasteiger partial charge in [0.2, 0.25) is 0 Å². The molecule has 0 fully saturated rings. The maximum Gasteiger partial charge on any atom is 0.416 e. The number of hydrogen-bond acceptors (Lipinski definition) is 3. The average Bonchev–Trinajstić information content (AvgIpc) is 2.26. The summed E-state index contributed by atoms with van der Waals surface area (Å²) in [4.78, 5) is 11.3. The fourth-order valence-corrected chi connectivity index (χ4v) is 1.85. The third kappa shape index (κ3) is 2.74. The summed E-state index contributed by atoms with van der Waals surface area (Å²) in [7, 11) is 0. The van der Waals surface area contributed by atoms with E-state index in [4.69, 9.17) is 0 Å². The molecule has 94 valence electrons. The van der Waals surface area contributed by atoms with Gasteiger partial charge in [0.15, 0.2) is 0 Å². The third-order valence-corrected chi connectivity index (χ3v) is 2.73. The molecule has 0 spiro atoms. The van der Waals surface area contributed by atoms with Gasteiger partial charge in [0, 0.05) is 12.9 Å². The van der Waals surface area contributed by atoms with Gasteiger partial charge in [-0.1, -0.05) is 6.92 Å². The smallest absolute Gasteiger partial charge is 0.391 e. The summed E-state index contributed by atoms with van der Waals surface area (Å²) in [5, 5.41) is 0. The summed E-state index contributed by atoms with van der Waals surface area (Å²) in [5.41, 5.74) is -0.229. The largest absolute Gasteiger partial charge is 0.416 e. The van der Waals surface area contributed by atoms with Crippen molar-refractivity contribution in [2.24, 2.45) is 0 Å². The number of alkyl halides is 3. The van der Waals surface area contributed by atoms with Gasteiger partial charge in [0.05, 0.1) is 11.1 Å². The zero-order chi connectivity index (χ0) is 13.2. The fraction of sp³-hybridized carbons (Fsp3) is 0.364. The molecule has 1 aromatic rings. The van der Waals surface area contributed by atoms with Crippen LogP contribution in [0.2, 0.25) is 0 Å². The van der Waals surface area contributed by atoms with E-state index in [9.17, 15) is 18.0 Å². The fourth-order valence-electron chi connectivity index (χ4n) is 1.75. The van der Waals surface area contributed by atoms with Crippen molar-refractivity contribution in [1.82, 2.24) is 0 Å². The zero-order valence-electron chi connectivity index (χ0n) is 9.26. The maximum atomic E-state index is 12.7. The second-order valence-corrected chi connectivity index (χ2v) is 3.68. The van der Waals surface area contributed by atoms with Crippen LogP contribution in [0.15, 0.2) is 12.1 Å². The summed E-state index contributed by atoms with van der Waals surface area (Å²) in [6.07, 6.45) is -4.23. The lowest BCUT2D eigenvalue weighted by Gasteiger charge is -2.16. The molecule has 6 heteroatoms. The van der Waals surface area contributed by atoms with Crippen LogP contribution in [-0.4, -0.2) is 5.97 Å². The van der Waals surface area contributed by atoms with Crippen molar-refractivity contribution >= 4 is 18.9 Å². The predicted molar refractivity (Wildman–Crippen MR) is 60.0 cm³/mol. The van der Waals surface area contributed by atoms with Crippen LogP contribution in [0.4, 0.5) is 13.2 Å². The van der Waals surface area contributed by atoms with Gasteiger partial charge in [-0.15, -0.1) is 0 Å². The van der Waals surface area contributed by atoms with Gasteiger partial charge in [-0.05, 0) is 36.6 Å². The highest BCUT2D eigenvalue weighted by molar-refractivity contribution is 7.75. The molecule has 1 aromatic carbocycles. The highest BCUT2D eigenvalue weighted by atomic mass is 32.1. The van der Waals surface area contributed by atoms with Crippen molar-refractivity contribution in [3.05, 3.63) is 34.4 Å². The monoisotopic (exact) mass is 264 g/mol. The molecular formula is C11H11F3O2S. The molecule has 0 radical (unpaired) electrons. The van der Waals surface area contributed by atoms with E-state index in [1.54, 1.807) is 6.92 Å². The first-order valence-corrected chi connectivity index (χ1v) is 5.24. The van der Waals surface area contributed by atoms with Gasteiger partial charge in [-0.3, -0.25) is 0 Å². The molecule has 0 unspecified atom stereocenters. The Bertz CT molecular complexity index is 441. The van der Waals surface area contributed by atoms with Crippen LogP contribution in [0, 0.1) is 6.92 Å². The number of carbonyl (C=O) groups is 1. The third-order valence-electron chi connectivity index (χ3n) is 2.56. The van der Waals surface area contributed by atoms with Crippen LogP contribution >= 0.6 is 12.9 Å². The minimum atomic E-state index is -4.42. The van der Waals surface area contributed by atoms with E-state index in [0.29, 0.717) is 0 Å². The van der Waals surface area contributed by atoms with E-state index in [2.05, 4.69) is 17.1 Å². The lowest BCUT2D eigenvalue weighted by Crippen LogP contribution is -2.13. The Hall–Kier alpha value is -1.17. The van der Waals surface area contributed by atoms with Crippen LogP contribution < -0.4 is 0 Å². The molecule has 1 rings (SSSR count). The van der Waals surface area contributed by atoms with E-state index in [-0.39, 0.29) is 23.1 Å². The molecule has 0 heterocycles. The maximum absolute atomic E-state index is 12.7. The molecule has 0 N–H and O–H groups in total. The molecule has 0 aliphatic rings. The Labute approximate surface area is 102 Å². The molecule has 0 saturated heterocycles. The second-order valence-electron chi connectivity index (χ2n) is 3.49. The molecule has 0 amide bonds. The van der Waals surface area contributed by atoms with Crippen LogP contribution in [0.25, 0.3) is 0 Å². The van der Waals surface area contributed by atoms with Crippen LogP contribution in [-0.2, 0) is 16.8 Å². The van der Waals surface area contributed by atoms with Gasteiger partial charge < -0.3 is 4.18 Å². The van der Waals surface area contributed by atoms with Crippen molar-refractivity contribution in [2.45, 2.75) is 26.4 Å². The van der Waals surface area contributed by atoms with Crippen LogP contribution in [0.3, 0.4) is 0 Å². The first-order valence-electron chi connectivity index (χ1n) is 4.88. The predicted octanol–water partition coefficient (Wildman–Crippen LogP) is 3.58. The minimum Gasteiger partial charge on any atom is -0.391 e. The molecule has 0 aliphatic heterocycles. The van der Waals surface area contributed by atoms with E-state index in [1.165, 1.54) is 6.92 Å². The second kappa shape index (κ2) is 5.00. The minimum absolute atomic E-state index is 0.102. The van der Waals surface area contributed by atoms with Crippen LogP contribution in [0.5, 0.6) is 0 Å². The van der Waals surface area contributed by atoms with Crippen molar-refractivity contribution in [3.8, 4) is 0 Å². The Morgan fingerprint density at radius 3 is 2.41 bits per heavy atom. The molecule has 0 bridgehead atoms. The number of benzene rings is 1. The van der Waals surface area contributed by atoms with Gasteiger partial charge >= 0.3 is 12.1 Å². The lowest BCUT2D eigenvalue weighted by molar-refractivity contribution is -0.138. The first kappa shape index (κ1) is 13.9. The molecule has 2 nitrogen and oxygen atoms in total.